The summed E-state index contributed by atoms with van der Waals surface area (Å²) in [6.07, 6.45) is 1.14. The quantitative estimate of drug-likeness (QED) is 0.574. The van der Waals surface area contributed by atoms with E-state index in [9.17, 15) is 18.5 Å². The zero-order chi connectivity index (χ0) is 15.8. The van der Waals surface area contributed by atoms with Gasteiger partial charge >= 0.3 is 5.69 Å². The molecule has 1 aromatic heterocycles. The number of hydrogen-bond donors (Lipinski definition) is 1. The minimum Gasteiger partial charge on any atom is -0.368 e. The third kappa shape index (κ3) is 3.19. The highest BCUT2D eigenvalue weighted by atomic mass is 32.2. The molecule has 116 valence electrons. The summed E-state index contributed by atoms with van der Waals surface area (Å²) >= 11 is 0. The predicted molar refractivity (Wildman–Crippen MR) is 76.5 cm³/mol. The molecular weight excluding hydrogens is 300 g/mol. The van der Waals surface area contributed by atoms with Gasteiger partial charge < -0.3 is 10.6 Å². The molecule has 0 bridgehead atoms. The van der Waals surface area contributed by atoms with Gasteiger partial charge in [-0.3, -0.25) is 10.1 Å². The van der Waals surface area contributed by atoms with Gasteiger partial charge in [-0.05, 0) is 6.92 Å². The molecule has 0 unspecified atom stereocenters. The zero-order valence-electron chi connectivity index (χ0n) is 11.7. The first-order valence-electron chi connectivity index (χ1n) is 6.18. The van der Waals surface area contributed by atoms with E-state index in [1.807, 2.05) is 0 Å². The molecule has 1 saturated heterocycles. The fourth-order valence-corrected chi connectivity index (χ4v) is 3.07. The number of nitrogen functional groups attached to an aromatic ring is 1. The Labute approximate surface area is 121 Å². The molecule has 1 aliphatic heterocycles. The van der Waals surface area contributed by atoms with Crippen LogP contribution in [0.15, 0.2) is 0 Å². The molecule has 0 radical (unpaired) electrons. The van der Waals surface area contributed by atoms with Gasteiger partial charge in [0.05, 0.1) is 11.2 Å². The maximum absolute atomic E-state index is 11.5. The van der Waals surface area contributed by atoms with Gasteiger partial charge in [0.25, 0.3) is 0 Å². The number of aryl methyl sites for hydroxylation is 1. The minimum atomic E-state index is -3.26. The number of rotatable bonds is 3. The van der Waals surface area contributed by atoms with Crippen molar-refractivity contribution in [2.45, 2.75) is 6.92 Å². The zero-order valence-corrected chi connectivity index (χ0v) is 12.5. The number of sulfonamides is 1. The van der Waals surface area contributed by atoms with Crippen molar-refractivity contribution in [2.24, 2.45) is 0 Å². The number of hydrogen-bond acceptors (Lipinski definition) is 8. The standard InChI is InChI=1S/C10H16N6O4S/c1-7-8(16(17)18)9(13-10(11)12-7)14-3-5-15(6-4-14)21(2,19)20/h3-6H2,1-2H3,(H2,11,12,13). The highest BCUT2D eigenvalue weighted by Gasteiger charge is 2.30. The van der Waals surface area contributed by atoms with Gasteiger partial charge in [0.1, 0.15) is 5.69 Å². The van der Waals surface area contributed by atoms with Crippen molar-refractivity contribution in [1.82, 2.24) is 14.3 Å². The first-order valence-corrected chi connectivity index (χ1v) is 8.03. The maximum atomic E-state index is 11.5. The number of nitro groups is 1. The first kappa shape index (κ1) is 15.4. The van der Waals surface area contributed by atoms with E-state index in [2.05, 4.69) is 9.97 Å². The topological polar surface area (TPSA) is 136 Å². The molecule has 11 heteroatoms. The van der Waals surface area contributed by atoms with E-state index in [-0.39, 0.29) is 36.2 Å². The van der Waals surface area contributed by atoms with Crippen molar-refractivity contribution in [1.29, 1.82) is 0 Å². The maximum Gasteiger partial charge on any atom is 0.332 e. The highest BCUT2D eigenvalue weighted by molar-refractivity contribution is 7.88. The van der Waals surface area contributed by atoms with Crippen molar-refractivity contribution in [2.75, 3.05) is 43.1 Å². The van der Waals surface area contributed by atoms with E-state index < -0.39 is 14.9 Å². The largest absolute Gasteiger partial charge is 0.368 e. The van der Waals surface area contributed by atoms with Gasteiger partial charge in [-0.2, -0.15) is 9.29 Å². The molecule has 21 heavy (non-hydrogen) atoms. The number of anilines is 2. The first-order chi connectivity index (χ1) is 9.70. The lowest BCUT2D eigenvalue weighted by Gasteiger charge is -2.33. The summed E-state index contributed by atoms with van der Waals surface area (Å²) in [5, 5.41) is 11.2. The summed E-state index contributed by atoms with van der Waals surface area (Å²) < 4.78 is 24.3. The third-order valence-corrected chi connectivity index (χ3v) is 4.55. The van der Waals surface area contributed by atoms with E-state index in [4.69, 9.17) is 5.73 Å². The van der Waals surface area contributed by atoms with E-state index in [1.165, 1.54) is 11.2 Å². The Bertz CT molecular complexity index is 668. The predicted octanol–water partition coefficient (Wildman–Crippen LogP) is -0.643. The fourth-order valence-electron chi connectivity index (χ4n) is 2.24. The van der Waals surface area contributed by atoms with Crippen LogP contribution in [-0.4, -0.2) is 60.0 Å². The molecular formula is C10H16N6O4S. The Morgan fingerprint density at radius 1 is 1.24 bits per heavy atom. The molecule has 2 heterocycles. The monoisotopic (exact) mass is 316 g/mol. The molecule has 0 spiro atoms. The summed E-state index contributed by atoms with van der Waals surface area (Å²) in [4.78, 5) is 20.0. The van der Waals surface area contributed by atoms with Gasteiger partial charge in [-0.15, -0.1) is 0 Å². The van der Waals surface area contributed by atoms with E-state index in [1.54, 1.807) is 4.90 Å². The van der Waals surface area contributed by atoms with Crippen molar-refractivity contribution in [3.8, 4) is 0 Å². The van der Waals surface area contributed by atoms with Crippen LogP contribution in [0, 0.1) is 17.0 Å². The van der Waals surface area contributed by atoms with Crippen LogP contribution in [0.5, 0.6) is 0 Å². The molecule has 1 aromatic rings. The highest BCUT2D eigenvalue weighted by Crippen LogP contribution is 2.30. The lowest BCUT2D eigenvalue weighted by Crippen LogP contribution is -2.48. The molecule has 0 aliphatic carbocycles. The molecule has 1 fully saturated rings. The minimum absolute atomic E-state index is 0.0429. The lowest BCUT2D eigenvalue weighted by molar-refractivity contribution is -0.385. The van der Waals surface area contributed by atoms with Crippen molar-refractivity contribution < 1.29 is 13.3 Å². The van der Waals surface area contributed by atoms with Crippen LogP contribution in [0.4, 0.5) is 17.5 Å². The van der Waals surface area contributed by atoms with Gasteiger partial charge in [-0.1, -0.05) is 0 Å². The Hall–Kier alpha value is -2.01. The fraction of sp³-hybridized carbons (Fsp3) is 0.600. The number of nitrogens with zero attached hydrogens (tertiary/aromatic N) is 5. The van der Waals surface area contributed by atoms with Crippen molar-refractivity contribution in [3.05, 3.63) is 15.8 Å². The summed E-state index contributed by atoms with van der Waals surface area (Å²) in [6, 6.07) is 0. The average molecular weight is 316 g/mol. The summed E-state index contributed by atoms with van der Waals surface area (Å²) in [6.45, 7) is 2.61. The van der Waals surface area contributed by atoms with Crippen molar-refractivity contribution in [3.63, 3.8) is 0 Å². The van der Waals surface area contributed by atoms with Crippen molar-refractivity contribution >= 4 is 27.5 Å². The second kappa shape index (κ2) is 5.41. The molecule has 2 N–H and O–H groups in total. The van der Waals surface area contributed by atoms with Crippen LogP contribution in [0.2, 0.25) is 0 Å². The van der Waals surface area contributed by atoms with Crippen LogP contribution in [-0.2, 0) is 10.0 Å². The third-order valence-electron chi connectivity index (χ3n) is 3.25. The van der Waals surface area contributed by atoms with Crippen LogP contribution in [0.25, 0.3) is 0 Å². The Balaban J connectivity index is 2.30. The van der Waals surface area contributed by atoms with Gasteiger partial charge in [0.15, 0.2) is 0 Å². The van der Waals surface area contributed by atoms with Crippen LogP contribution >= 0.6 is 0 Å². The SMILES string of the molecule is Cc1nc(N)nc(N2CCN(S(C)(=O)=O)CC2)c1[N+](=O)[O-]. The Morgan fingerprint density at radius 3 is 2.29 bits per heavy atom. The summed E-state index contributed by atoms with van der Waals surface area (Å²) in [5.41, 5.74) is 5.54. The number of piperazine rings is 1. The lowest BCUT2D eigenvalue weighted by atomic mass is 10.3. The van der Waals surface area contributed by atoms with Gasteiger partial charge in [-0.25, -0.2) is 13.4 Å². The molecule has 1 aliphatic rings. The van der Waals surface area contributed by atoms with E-state index in [0.717, 1.165) is 6.26 Å². The van der Waals surface area contributed by atoms with Crippen LogP contribution in [0.3, 0.4) is 0 Å². The summed E-state index contributed by atoms with van der Waals surface area (Å²) in [5.74, 6) is 0.0943. The molecule has 0 saturated carbocycles. The number of aromatic nitrogens is 2. The summed E-state index contributed by atoms with van der Waals surface area (Å²) in [7, 11) is -3.26. The van der Waals surface area contributed by atoms with Crippen LogP contribution in [0.1, 0.15) is 5.69 Å². The number of nitrogens with two attached hydrogens (primary N) is 1. The van der Waals surface area contributed by atoms with E-state index in [0.29, 0.717) is 13.1 Å². The molecule has 10 nitrogen and oxygen atoms in total. The molecule has 0 amide bonds. The van der Waals surface area contributed by atoms with E-state index >= 15 is 0 Å². The normalized spacial score (nSPS) is 17.0. The van der Waals surface area contributed by atoms with Crippen LogP contribution < -0.4 is 10.6 Å². The molecule has 0 aromatic carbocycles. The second-order valence-electron chi connectivity index (χ2n) is 4.75. The Morgan fingerprint density at radius 2 is 1.81 bits per heavy atom. The van der Waals surface area contributed by atoms with Gasteiger partial charge in [0.2, 0.25) is 21.8 Å². The molecule has 0 atom stereocenters. The molecule has 2 rings (SSSR count). The smallest absolute Gasteiger partial charge is 0.332 e. The second-order valence-corrected chi connectivity index (χ2v) is 6.73. The Kier molecular flexibility index (Phi) is 3.96. The van der Waals surface area contributed by atoms with Gasteiger partial charge in [0, 0.05) is 26.2 Å². The average Bonchev–Trinajstić information content (AvgIpc) is 2.36.